The summed E-state index contributed by atoms with van der Waals surface area (Å²) in [6.07, 6.45) is 4.32. The van der Waals surface area contributed by atoms with Gasteiger partial charge in [0.05, 0.1) is 11.0 Å². The summed E-state index contributed by atoms with van der Waals surface area (Å²) in [5.41, 5.74) is 3.80. The normalized spacial score (nSPS) is 11.2. The van der Waals surface area contributed by atoms with E-state index in [4.69, 9.17) is 0 Å². The summed E-state index contributed by atoms with van der Waals surface area (Å²) in [6.45, 7) is 0.649. The summed E-state index contributed by atoms with van der Waals surface area (Å²) in [5, 5.41) is 3.89. The first-order valence-electron chi connectivity index (χ1n) is 9.38. The molecule has 5 aromatic rings. The fourth-order valence-electron chi connectivity index (χ4n) is 3.39. The number of aromatic nitrogens is 5. The second-order valence-corrected chi connectivity index (χ2v) is 6.71. The van der Waals surface area contributed by atoms with E-state index in [0.717, 1.165) is 28.5 Å². The first-order valence-corrected chi connectivity index (χ1v) is 9.38. The van der Waals surface area contributed by atoms with Crippen LogP contribution in [0.4, 0.5) is 5.95 Å². The number of carbonyl (C=O) groups is 1. The topological polar surface area (TPSA) is 88.5 Å². The van der Waals surface area contributed by atoms with E-state index in [-0.39, 0.29) is 5.91 Å². The Morgan fingerprint density at radius 1 is 1.00 bits per heavy atom. The van der Waals surface area contributed by atoms with Crippen LogP contribution in [0.5, 0.6) is 0 Å². The average Bonchev–Trinajstić information content (AvgIpc) is 3.36. The number of nitrogens with one attached hydrogen (secondary N) is 2. The predicted molar refractivity (Wildman–Crippen MR) is 112 cm³/mol. The van der Waals surface area contributed by atoms with Crippen LogP contribution in [0.1, 0.15) is 16.2 Å². The number of carbonyl (C=O) groups excluding carboxylic acids is 1. The van der Waals surface area contributed by atoms with Gasteiger partial charge >= 0.3 is 0 Å². The van der Waals surface area contributed by atoms with Gasteiger partial charge in [-0.05, 0) is 42.5 Å². The summed E-state index contributed by atoms with van der Waals surface area (Å²) in [7, 11) is 0. The number of fused-ring (bicyclic) bond motifs is 2. The third-order valence-corrected chi connectivity index (χ3v) is 4.84. The van der Waals surface area contributed by atoms with Crippen molar-refractivity contribution in [3.05, 3.63) is 84.4 Å². The molecular formula is C22H18N6O. The fourth-order valence-corrected chi connectivity index (χ4v) is 3.39. The summed E-state index contributed by atoms with van der Waals surface area (Å²) in [5.74, 6) is 0.205. The Morgan fingerprint density at radius 2 is 1.90 bits per heavy atom. The van der Waals surface area contributed by atoms with Gasteiger partial charge in [-0.1, -0.05) is 18.2 Å². The third kappa shape index (κ3) is 3.34. The number of pyridine rings is 2. The highest BCUT2D eigenvalue weighted by Crippen LogP contribution is 2.21. The van der Waals surface area contributed by atoms with E-state index in [2.05, 4.69) is 25.3 Å². The van der Waals surface area contributed by atoms with Crippen LogP contribution in [0, 0.1) is 0 Å². The first-order chi connectivity index (χ1) is 14.3. The van der Waals surface area contributed by atoms with Gasteiger partial charge in [-0.15, -0.1) is 0 Å². The number of anilines is 1. The van der Waals surface area contributed by atoms with Gasteiger partial charge in [-0.2, -0.15) is 0 Å². The van der Waals surface area contributed by atoms with Crippen LogP contribution in [0.2, 0.25) is 0 Å². The van der Waals surface area contributed by atoms with Gasteiger partial charge in [-0.25, -0.2) is 9.97 Å². The second kappa shape index (κ2) is 7.20. The molecule has 0 aliphatic carbocycles. The third-order valence-electron chi connectivity index (χ3n) is 4.84. The van der Waals surface area contributed by atoms with E-state index >= 15 is 0 Å². The molecule has 2 N–H and O–H groups in total. The number of amides is 1. The molecule has 1 amide bonds. The Kier molecular flexibility index (Phi) is 4.25. The van der Waals surface area contributed by atoms with Gasteiger partial charge in [-0.3, -0.25) is 15.1 Å². The lowest BCUT2D eigenvalue weighted by Gasteiger charge is -2.10. The van der Waals surface area contributed by atoms with Gasteiger partial charge in [0.25, 0.3) is 5.91 Å². The maximum absolute atomic E-state index is 12.8. The molecule has 0 aliphatic rings. The van der Waals surface area contributed by atoms with E-state index in [1.165, 1.54) is 0 Å². The Hall–Kier alpha value is -4.00. The number of hydrogen-bond acceptors (Lipinski definition) is 4. The molecule has 4 aromatic heterocycles. The molecule has 142 valence electrons. The quantitative estimate of drug-likeness (QED) is 0.484. The molecule has 7 heteroatoms. The summed E-state index contributed by atoms with van der Waals surface area (Å²) in [4.78, 5) is 29.3. The molecule has 0 bridgehead atoms. The minimum Gasteiger partial charge on any atom is -0.346 e. The highest BCUT2D eigenvalue weighted by molar-refractivity contribution is 6.03. The van der Waals surface area contributed by atoms with Crippen LogP contribution in [-0.4, -0.2) is 30.4 Å². The van der Waals surface area contributed by atoms with Gasteiger partial charge in [0.1, 0.15) is 11.3 Å². The number of imidazole rings is 1. The predicted octanol–water partition coefficient (Wildman–Crippen LogP) is 3.80. The summed E-state index contributed by atoms with van der Waals surface area (Å²) >= 11 is 0. The van der Waals surface area contributed by atoms with Crippen LogP contribution < -0.4 is 5.32 Å². The number of hydrogen-bond donors (Lipinski definition) is 2. The van der Waals surface area contributed by atoms with Crippen molar-refractivity contribution in [2.75, 3.05) is 5.32 Å². The molecule has 0 fully saturated rings. The van der Waals surface area contributed by atoms with Gasteiger partial charge in [0.15, 0.2) is 0 Å². The number of benzene rings is 1. The molecule has 0 atom stereocenters. The van der Waals surface area contributed by atoms with Crippen molar-refractivity contribution >= 4 is 33.9 Å². The van der Waals surface area contributed by atoms with E-state index in [0.29, 0.717) is 23.8 Å². The molecule has 0 radical (unpaired) electrons. The number of nitrogens with zero attached hydrogens (tertiary/aromatic N) is 4. The Labute approximate surface area is 166 Å². The molecule has 29 heavy (non-hydrogen) atoms. The number of para-hydroxylation sites is 2. The van der Waals surface area contributed by atoms with Crippen LogP contribution in [0.3, 0.4) is 0 Å². The highest BCUT2D eigenvalue weighted by Gasteiger charge is 2.16. The molecule has 5 rings (SSSR count). The zero-order valence-electron chi connectivity index (χ0n) is 15.5. The van der Waals surface area contributed by atoms with Gasteiger partial charge < -0.3 is 9.55 Å². The SMILES string of the molecule is O=C(Nc1nc2ccccc2n1CCc1ccccn1)c1ccc2cc[nH]c2n1. The summed E-state index contributed by atoms with van der Waals surface area (Å²) < 4.78 is 2.01. The lowest BCUT2D eigenvalue weighted by molar-refractivity contribution is 0.102. The number of aromatic amines is 1. The lowest BCUT2D eigenvalue weighted by Crippen LogP contribution is -2.18. The number of H-pyrrole nitrogens is 1. The van der Waals surface area contributed by atoms with Crippen molar-refractivity contribution in [2.24, 2.45) is 0 Å². The second-order valence-electron chi connectivity index (χ2n) is 6.71. The lowest BCUT2D eigenvalue weighted by atomic mass is 10.2. The van der Waals surface area contributed by atoms with E-state index in [1.54, 1.807) is 18.5 Å². The largest absolute Gasteiger partial charge is 0.346 e. The monoisotopic (exact) mass is 382 g/mol. The first kappa shape index (κ1) is 17.1. The van der Waals surface area contributed by atoms with E-state index in [9.17, 15) is 4.79 Å². The van der Waals surface area contributed by atoms with Crippen molar-refractivity contribution in [1.82, 2.24) is 24.5 Å². The molecule has 0 spiro atoms. The van der Waals surface area contributed by atoms with Crippen molar-refractivity contribution in [2.45, 2.75) is 13.0 Å². The van der Waals surface area contributed by atoms with Crippen LogP contribution in [-0.2, 0) is 13.0 Å². The Balaban J connectivity index is 1.46. The Morgan fingerprint density at radius 3 is 2.79 bits per heavy atom. The molecule has 1 aromatic carbocycles. The van der Waals surface area contributed by atoms with Crippen molar-refractivity contribution < 1.29 is 4.79 Å². The van der Waals surface area contributed by atoms with E-state index in [1.807, 2.05) is 59.2 Å². The van der Waals surface area contributed by atoms with Crippen molar-refractivity contribution in [1.29, 1.82) is 0 Å². The van der Waals surface area contributed by atoms with Crippen LogP contribution >= 0.6 is 0 Å². The Bertz CT molecular complexity index is 1300. The average molecular weight is 382 g/mol. The van der Waals surface area contributed by atoms with E-state index < -0.39 is 0 Å². The molecule has 7 nitrogen and oxygen atoms in total. The molecule has 0 aliphatic heterocycles. The van der Waals surface area contributed by atoms with Crippen molar-refractivity contribution in [3.8, 4) is 0 Å². The fraction of sp³-hybridized carbons (Fsp3) is 0.0909. The number of rotatable bonds is 5. The standard InChI is InChI=1S/C22H18N6O/c29-21(18-9-8-15-10-13-24-20(15)25-18)27-22-26-17-6-1-2-7-19(17)28(22)14-11-16-5-3-4-12-23-16/h1-10,12-13H,11,14H2,(H,24,25)(H,26,27,29). The molecule has 0 saturated carbocycles. The van der Waals surface area contributed by atoms with Crippen molar-refractivity contribution in [3.63, 3.8) is 0 Å². The van der Waals surface area contributed by atoms with Crippen LogP contribution in [0.25, 0.3) is 22.1 Å². The molecule has 0 unspecified atom stereocenters. The van der Waals surface area contributed by atoms with Gasteiger partial charge in [0.2, 0.25) is 5.95 Å². The maximum Gasteiger partial charge on any atom is 0.276 e. The smallest absolute Gasteiger partial charge is 0.276 e. The molecular weight excluding hydrogens is 364 g/mol. The van der Waals surface area contributed by atoms with Gasteiger partial charge in [0, 0.05) is 36.4 Å². The number of aryl methyl sites for hydroxylation is 2. The minimum absolute atomic E-state index is 0.295. The minimum atomic E-state index is -0.295. The zero-order valence-corrected chi connectivity index (χ0v) is 15.5. The maximum atomic E-state index is 12.8. The van der Waals surface area contributed by atoms with Crippen LogP contribution in [0.15, 0.2) is 73.1 Å². The molecule has 4 heterocycles. The summed E-state index contributed by atoms with van der Waals surface area (Å²) in [6, 6.07) is 19.2. The highest BCUT2D eigenvalue weighted by atomic mass is 16.2. The zero-order chi connectivity index (χ0) is 19.6. The molecule has 0 saturated heterocycles.